The normalized spacial score (nSPS) is 27.9. The van der Waals surface area contributed by atoms with Crippen LogP contribution in [-0.2, 0) is 10.0 Å². The van der Waals surface area contributed by atoms with Crippen LogP contribution in [0.2, 0.25) is 0 Å². The van der Waals surface area contributed by atoms with E-state index in [2.05, 4.69) is 12.2 Å². The molecule has 0 radical (unpaired) electrons. The molecular formula is C10H20N2O2S. The van der Waals surface area contributed by atoms with Gasteiger partial charge in [-0.25, -0.2) is 12.7 Å². The van der Waals surface area contributed by atoms with Crippen molar-refractivity contribution in [1.29, 1.82) is 0 Å². The van der Waals surface area contributed by atoms with Crippen LogP contribution >= 0.6 is 0 Å². The molecule has 0 aromatic carbocycles. The summed E-state index contributed by atoms with van der Waals surface area (Å²) in [7, 11) is -0.992. The molecule has 0 unspecified atom stereocenters. The van der Waals surface area contributed by atoms with Crippen LogP contribution in [-0.4, -0.2) is 43.6 Å². The van der Waals surface area contributed by atoms with Crippen LogP contribution in [0.3, 0.4) is 0 Å². The summed E-state index contributed by atoms with van der Waals surface area (Å²) in [6.07, 6.45) is 3.55. The Morgan fingerprint density at radius 1 is 1.27 bits per heavy atom. The Bertz CT molecular complexity index is 327. The zero-order valence-corrected chi connectivity index (χ0v) is 10.3. The minimum Gasteiger partial charge on any atom is -0.314 e. The van der Waals surface area contributed by atoms with Crippen LogP contribution in [0.5, 0.6) is 0 Å². The Hall–Kier alpha value is -0.130. The molecule has 1 aliphatic carbocycles. The number of rotatable bonds is 3. The van der Waals surface area contributed by atoms with Gasteiger partial charge in [-0.05, 0) is 39.7 Å². The second kappa shape index (κ2) is 3.71. The molecule has 5 heteroatoms. The van der Waals surface area contributed by atoms with Crippen molar-refractivity contribution in [3.63, 3.8) is 0 Å². The fraction of sp³-hybridized carbons (Fsp3) is 1.00. The van der Waals surface area contributed by atoms with Gasteiger partial charge in [0.1, 0.15) is 0 Å². The van der Waals surface area contributed by atoms with Crippen molar-refractivity contribution in [1.82, 2.24) is 9.62 Å². The largest absolute Gasteiger partial charge is 0.314 e. The predicted octanol–water partition coefficient (Wildman–Crippen LogP) is 0.552. The average molecular weight is 232 g/mol. The van der Waals surface area contributed by atoms with Crippen molar-refractivity contribution in [2.75, 3.05) is 20.1 Å². The van der Waals surface area contributed by atoms with E-state index in [1.807, 2.05) is 7.05 Å². The molecule has 1 saturated carbocycles. The van der Waals surface area contributed by atoms with E-state index in [-0.39, 0.29) is 10.8 Å². The highest BCUT2D eigenvalue weighted by Gasteiger charge is 2.42. The summed E-state index contributed by atoms with van der Waals surface area (Å²) in [5, 5.41) is 3.22. The van der Waals surface area contributed by atoms with Gasteiger partial charge in [0.2, 0.25) is 10.0 Å². The van der Waals surface area contributed by atoms with Crippen molar-refractivity contribution < 1.29 is 8.42 Å². The molecule has 1 N–H and O–H groups in total. The number of nitrogens with one attached hydrogen (secondary N) is 1. The first-order valence-electron chi connectivity index (χ1n) is 5.66. The summed E-state index contributed by atoms with van der Waals surface area (Å²) in [6.45, 7) is 3.51. The van der Waals surface area contributed by atoms with Crippen LogP contribution < -0.4 is 5.32 Å². The van der Waals surface area contributed by atoms with Gasteiger partial charge >= 0.3 is 0 Å². The molecule has 0 amide bonds. The van der Waals surface area contributed by atoms with Gasteiger partial charge in [0.05, 0.1) is 5.25 Å². The first-order valence-corrected chi connectivity index (χ1v) is 7.16. The molecule has 2 aliphatic rings. The summed E-state index contributed by atoms with van der Waals surface area (Å²) in [4.78, 5) is 0. The van der Waals surface area contributed by atoms with Gasteiger partial charge in [-0.15, -0.1) is 0 Å². The van der Waals surface area contributed by atoms with Crippen molar-refractivity contribution in [3.05, 3.63) is 0 Å². The highest BCUT2D eigenvalue weighted by Crippen LogP contribution is 2.33. The molecule has 88 valence electrons. The lowest BCUT2D eigenvalue weighted by Crippen LogP contribution is -2.51. The molecule has 4 nitrogen and oxygen atoms in total. The Morgan fingerprint density at radius 3 is 2.20 bits per heavy atom. The smallest absolute Gasteiger partial charge is 0.216 e. The SMILES string of the molecule is CNC1(C)CCN(S(=O)(=O)C2CC2)CC1. The van der Waals surface area contributed by atoms with E-state index < -0.39 is 10.0 Å². The molecule has 15 heavy (non-hydrogen) atoms. The number of sulfonamides is 1. The maximum absolute atomic E-state index is 12.0. The zero-order valence-electron chi connectivity index (χ0n) is 9.49. The fourth-order valence-electron chi connectivity index (χ4n) is 2.06. The fourth-order valence-corrected chi connectivity index (χ4v) is 3.91. The Morgan fingerprint density at radius 2 is 1.80 bits per heavy atom. The van der Waals surface area contributed by atoms with Crippen LogP contribution in [0.15, 0.2) is 0 Å². The molecule has 1 heterocycles. The third-order valence-electron chi connectivity index (χ3n) is 3.74. The van der Waals surface area contributed by atoms with E-state index in [0.717, 1.165) is 25.7 Å². The standard InChI is InChI=1S/C10H20N2O2S/c1-10(11-2)5-7-12(8-6-10)15(13,14)9-3-4-9/h9,11H,3-8H2,1-2H3. The summed E-state index contributed by atoms with van der Waals surface area (Å²) in [5.74, 6) is 0. The van der Waals surface area contributed by atoms with E-state index in [1.54, 1.807) is 4.31 Å². The lowest BCUT2D eigenvalue weighted by Gasteiger charge is -2.38. The van der Waals surface area contributed by atoms with Crippen molar-refractivity contribution in [2.24, 2.45) is 0 Å². The van der Waals surface area contributed by atoms with Gasteiger partial charge in [0, 0.05) is 18.6 Å². The predicted molar refractivity (Wildman–Crippen MR) is 60.2 cm³/mol. The van der Waals surface area contributed by atoms with Crippen molar-refractivity contribution >= 4 is 10.0 Å². The highest BCUT2D eigenvalue weighted by atomic mass is 32.2. The quantitative estimate of drug-likeness (QED) is 0.773. The Labute approximate surface area is 92.1 Å². The van der Waals surface area contributed by atoms with Gasteiger partial charge < -0.3 is 5.32 Å². The molecule has 0 bridgehead atoms. The van der Waals surface area contributed by atoms with E-state index >= 15 is 0 Å². The average Bonchev–Trinajstić information content (AvgIpc) is 3.02. The van der Waals surface area contributed by atoms with Crippen LogP contribution in [0.25, 0.3) is 0 Å². The monoisotopic (exact) mass is 232 g/mol. The van der Waals surface area contributed by atoms with Gasteiger partial charge in [0.25, 0.3) is 0 Å². The van der Waals surface area contributed by atoms with Crippen LogP contribution in [0.4, 0.5) is 0 Å². The topological polar surface area (TPSA) is 49.4 Å². The number of hydrogen-bond acceptors (Lipinski definition) is 3. The minimum absolute atomic E-state index is 0.0589. The molecule has 0 aromatic rings. The molecule has 0 atom stereocenters. The van der Waals surface area contributed by atoms with Crippen molar-refractivity contribution in [3.8, 4) is 0 Å². The number of nitrogens with zero attached hydrogens (tertiary/aromatic N) is 1. The third-order valence-corrected chi connectivity index (χ3v) is 6.13. The van der Waals surface area contributed by atoms with Gasteiger partial charge in [-0.1, -0.05) is 0 Å². The maximum atomic E-state index is 12.0. The van der Waals surface area contributed by atoms with E-state index in [9.17, 15) is 8.42 Å². The van der Waals surface area contributed by atoms with Crippen molar-refractivity contribution in [2.45, 2.75) is 43.4 Å². The lowest BCUT2D eigenvalue weighted by atomic mass is 9.91. The van der Waals surface area contributed by atoms with E-state index in [0.29, 0.717) is 13.1 Å². The zero-order chi connectivity index (χ0) is 11.1. The molecule has 0 aromatic heterocycles. The number of piperidine rings is 1. The van der Waals surface area contributed by atoms with Crippen LogP contribution in [0, 0.1) is 0 Å². The summed E-state index contributed by atoms with van der Waals surface area (Å²) in [5.41, 5.74) is 0.121. The molecular weight excluding hydrogens is 212 g/mol. The van der Waals surface area contributed by atoms with E-state index in [1.165, 1.54) is 0 Å². The Kier molecular flexibility index (Phi) is 2.81. The second-order valence-corrected chi connectivity index (χ2v) is 7.17. The highest BCUT2D eigenvalue weighted by molar-refractivity contribution is 7.90. The third kappa shape index (κ3) is 2.19. The lowest BCUT2D eigenvalue weighted by molar-refractivity contribution is 0.219. The number of hydrogen-bond donors (Lipinski definition) is 1. The molecule has 1 saturated heterocycles. The molecule has 2 rings (SSSR count). The molecule has 2 fully saturated rings. The first kappa shape index (κ1) is 11.4. The van der Waals surface area contributed by atoms with E-state index in [4.69, 9.17) is 0 Å². The molecule has 0 spiro atoms. The summed E-state index contributed by atoms with van der Waals surface area (Å²) in [6, 6.07) is 0. The van der Waals surface area contributed by atoms with Crippen LogP contribution in [0.1, 0.15) is 32.6 Å². The first-order chi connectivity index (χ1) is 6.98. The van der Waals surface area contributed by atoms with Gasteiger partial charge in [0.15, 0.2) is 0 Å². The second-order valence-electron chi connectivity index (χ2n) is 4.95. The molecule has 1 aliphatic heterocycles. The summed E-state index contributed by atoms with van der Waals surface area (Å²) < 4.78 is 25.6. The summed E-state index contributed by atoms with van der Waals surface area (Å²) >= 11 is 0. The van der Waals surface area contributed by atoms with Gasteiger partial charge in [-0.2, -0.15) is 0 Å². The minimum atomic E-state index is -2.94. The maximum Gasteiger partial charge on any atom is 0.216 e. The van der Waals surface area contributed by atoms with Gasteiger partial charge in [-0.3, -0.25) is 0 Å². The Balaban J connectivity index is 1.99.